The summed E-state index contributed by atoms with van der Waals surface area (Å²) in [5.74, 6) is 0.729. The first kappa shape index (κ1) is 19.2. The Morgan fingerprint density at radius 1 is 1.07 bits per heavy atom. The molecule has 2 aliphatic carbocycles. The molecule has 0 aliphatic heterocycles. The summed E-state index contributed by atoms with van der Waals surface area (Å²) < 4.78 is 0. The molecule has 1 saturated carbocycles. The summed E-state index contributed by atoms with van der Waals surface area (Å²) in [6, 6.07) is 14.3. The van der Waals surface area contributed by atoms with E-state index < -0.39 is 0 Å². The SMILES string of the molecule is C=C(C)C(C)(C)Cc1cc(-c2cccc3c2C=CC3)cc(C2CCCCC2)c1. The summed E-state index contributed by atoms with van der Waals surface area (Å²) in [4.78, 5) is 0. The van der Waals surface area contributed by atoms with Crippen LogP contribution in [0.5, 0.6) is 0 Å². The Balaban J connectivity index is 1.79. The van der Waals surface area contributed by atoms with Crippen molar-refractivity contribution in [2.45, 2.75) is 71.6 Å². The predicted octanol–water partition coefficient (Wildman–Crippen LogP) is 8.12. The van der Waals surface area contributed by atoms with Crippen LogP contribution in [0, 0.1) is 5.41 Å². The van der Waals surface area contributed by atoms with Crippen LogP contribution in [0.4, 0.5) is 0 Å². The first-order valence-electron chi connectivity index (χ1n) is 11.0. The van der Waals surface area contributed by atoms with E-state index in [-0.39, 0.29) is 5.41 Å². The fraction of sp³-hybridized carbons (Fsp3) is 0.429. The summed E-state index contributed by atoms with van der Waals surface area (Å²) in [6.07, 6.45) is 13.6. The molecule has 0 unspecified atom stereocenters. The molecule has 0 nitrogen and oxygen atoms in total. The van der Waals surface area contributed by atoms with E-state index in [0.717, 1.165) is 18.8 Å². The van der Waals surface area contributed by atoms with Gasteiger partial charge in [-0.05, 0) is 77.3 Å². The molecule has 28 heavy (non-hydrogen) atoms. The summed E-state index contributed by atoms with van der Waals surface area (Å²) in [5, 5.41) is 0. The van der Waals surface area contributed by atoms with Crippen LogP contribution in [0.3, 0.4) is 0 Å². The van der Waals surface area contributed by atoms with E-state index in [1.807, 2.05) is 0 Å². The van der Waals surface area contributed by atoms with Crippen LogP contribution in [0.15, 0.2) is 54.6 Å². The third-order valence-corrected chi connectivity index (χ3v) is 7.02. The highest BCUT2D eigenvalue weighted by Gasteiger charge is 2.23. The smallest absolute Gasteiger partial charge is 0.00879 e. The fourth-order valence-electron chi connectivity index (χ4n) is 4.85. The summed E-state index contributed by atoms with van der Waals surface area (Å²) in [5.41, 5.74) is 10.1. The Morgan fingerprint density at radius 2 is 1.86 bits per heavy atom. The molecule has 2 aromatic carbocycles. The fourth-order valence-corrected chi connectivity index (χ4v) is 4.85. The minimum Gasteiger partial charge on any atom is -0.0996 e. The second-order valence-electron chi connectivity index (χ2n) is 9.62. The lowest BCUT2D eigenvalue weighted by molar-refractivity contribution is 0.437. The standard InChI is InChI=1S/C28H34/c1-20(2)28(3,4)19-21-16-24(22-10-6-5-7-11-22)18-25(17-21)27-15-9-13-23-12-8-14-26(23)27/h8-9,13-18,22H,1,5-7,10-12,19H2,2-4H3. The van der Waals surface area contributed by atoms with Crippen molar-refractivity contribution in [2.24, 2.45) is 5.41 Å². The van der Waals surface area contributed by atoms with Gasteiger partial charge in [0.05, 0.1) is 0 Å². The van der Waals surface area contributed by atoms with Gasteiger partial charge in [-0.25, -0.2) is 0 Å². The van der Waals surface area contributed by atoms with Crippen molar-refractivity contribution in [3.63, 3.8) is 0 Å². The zero-order valence-corrected chi connectivity index (χ0v) is 17.9. The third kappa shape index (κ3) is 3.88. The highest BCUT2D eigenvalue weighted by molar-refractivity contribution is 5.80. The number of allylic oxidation sites excluding steroid dienone is 2. The molecular weight excluding hydrogens is 336 g/mol. The zero-order chi connectivity index (χ0) is 19.7. The zero-order valence-electron chi connectivity index (χ0n) is 17.9. The molecule has 0 saturated heterocycles. The first-order valence-corrected chi connectivity index (χ1v) is 11.0. The van der Waals surface area contributed by atoms with Crippen molar-refractivity contribution < 1.29 is 0 Å². The van der Waals surface area contributed by atoms with Gasteiger partial charge in [0.2, 0.25) is 0 Å². The van der Waals surface area contributed by atoms with E-state index in [0.29, 0.717) is 0 Å². The minimum absolute atomic E-state index is 0.126. The lowest BCUT2D eigenvalue weighted by Gasteiger charge is -2.28. The summed E-state index contributed by atoms with van der Waals surface area (Å²) >= 11 is 0. The van der Waals surface area contributed by atoms with Gasteiger partial charge in [-0.15, -0.1) is 0 Å². The maximum Gasteiger partial charge on any atom is -0.00879 e. The molecule has 4 rings (SSSR count). The van der Waals surface area contributed by atoms with Gasteiger partial charge in [-0.2, -0.15) is 0 Å². The van der Waals surface area contributed by atoms with Crippen LogP contribution >= 0.6 is 0 Å². The maximum atomic E-state index is 4.25. The van der Waals surface area contributed by atoms with Crippen LogP contribution in [0.1, 0.15) is 81.0 Å². The Bertz CT molecular complexity index is 904. The predicted molar refractivity (Wildman–Crippen MR) is 123 cm³/mol. The van der Waals surface area contributed by atoms with Crippen molar-refractivity contribution in [3.05, 3.63) is 76.9 Å². The van der Waals surface area contributed by atoms with E-state index in [4.69, 9.17) is 0 Å². The van der Waals surface area contributed by atoms with Gasteiger partial charge in [0.25, 0.3) is 0 Å². The van der Waals surface area contributed by atoms with Gasteiger partial charge in [0, 0.05) is 0 Å². The van der Waals surface area contributed by atoms with E-state index in [2.05, 4.69) is 75.9 Å². The molecule has 0 spiro atoms. The van der Waals surface area contributed by atoms with Crippen LogP contribution in [-0.4, -0.2) is 0 Å². The Labute approximate surface area is 171 Å². The molecule has 0 atom stereocenters. The topological polar surface area (TPSA) is 0 Å². The number of hydrogen-bond acceptors (Lipinski definition) is 0. The van der Waals surface area contributed by atoms with Crippen LogP contribution in [0.2, 0.25) is 0 Å². The van der Waals surface area contributed by atoms with Gasteiger partial charge < -0.3 is 0 Å². The van der Waals surface area contributed by atoms with E-state index in [1.54, 1.807) is 5.56 Å². The summed E-state index contributed by atoms with van der Waals surface area (Å²) in [6.45, 7) is 11.1. The highest BCUT2D eigenvalue weighted by atomic mass is 14.3. The van der Waals surface area contributed by atoms with Crippen molar-refractivity contribution in [1.29, 1.82) is 0 Å². The van der Waals surface area contributed by atoms with Gasteiger partial charge in [0.1, 0.15) is 0 Å². The Hall–Kier alpha value is -2.08. The molecule has 146 valence electrons. The molecule has 2 aromatic rings. The van der Waals surface area contributed by atoms with Crippen LogP contribution in [0.25, 0.3) is 17.2 Å². The minimum atomic E-state index is 0.126. The summed E-state index contributed by atoms with van der Waals surface area (Å²) in [7, 11) is 0. The van der Waals surface area contributed by atoms with Gasteiger partial charge in [0.15, 0.2) is 0 Å². The Kier molecular flexibility index (Phi) is 5.32. The molecular formula is C28H34. The second kappa shape index (κ2) is 7.74. The average molecular weight is 371 g/mol. The van der Waals surface area contributed by atoms with Gasteiger partial charge >= 0.3 is 0 Å². The van der Waals surface area contributed by atoms with Crippen LogP contribution < -0.4 is 0 Å². The second-order valence-corrected chi connectivity index (χ2v) is 9.62. The lowest BCUT2D eigenvalue weighted by Crippen LogP contribution is -2.16. The molecule has 0 amide bonds. The number of fused-ring (bicyclic) bond motifs is 1. The van der Waals surface area contributed by atoms with Crippen molar-refractivity contribution in [3.8, 4) is 11.1 Å². The molecule has 0 heterocycles. The van der Waals surface area contributed by atoms with E-state index in [9.17, 15) is 0 Å². The molecule has 1 fully saturated rings. The number of benzene rings is 2. The molecule has 0 heteroatoms. The molecule has 0 N–H and O–H groups in total. The van der Waals surface area contributed by atoms with Crippen LogP contribution in [-0.2, 0) is 12.8 Å². The monoisotopic (exact) mass is 370 g/mol. The third-order valence-electron chi connectivity index (χ3n) is 7.02. The van der Waals surface area contributed by atoms with Crippen molar-refractivity contribution in [1.82, 2.24) is 0 Å². The number of hydrogen-bond donors (Lipinski definition) is 0. The lowest BCUT2D eigenvalue weighted by atomic mass is 9.77. The van der Waals surface area contributed by atoms with Crippen molar-refractivity contribution >= 4 is 6.08 Å². The van der Waals surface area contributed by atoms with Crippen molar-refractivity contribution in [2.75, 3.05) is 0 Å². The highest BCUT2D eigenvalue weighted by Crippen LogP contribution is 2.39. The Morgan fingerprint density at radius 3 is 2.61 bits per heavy atom. The maximum absolute atomic E-state index is 4.25. The van der Waals surface area contributed by atoms with Gasteiger partial charge in [-0.1, -0.05) is 93.8 Å². The average Bonchev–Trinajstić information content (AvgIpc) is 3.17. The molecule has 0 radical (unpaired) electrons. The molecule has 0 aromatic heterocycles. The molecule has 0 bridgehead atoms. The first-order chi connectivity index (χ1) is 13.4. The van der Waals surface area contributed by atoms with E-state index >= 15 is 0 Å². The quantitative estimate of drug-likeness (QED) is 0.466. The number of rotatable bonds is 5. The molecule has 2 aliphatic rings. The largest absolute Gasteiger partial charge is 0.0996 e. The van der Waals surface area contributed by atoms with E-state index in [1.165, 1.54) is 65.5 Å². The van der Waals surface area contributed by atoms with Gasteiger partial charge in [-0.3, -0.25) is 0 Å². The normalized spacial score (nSPS) is 17.0.